The number of nitrogens with one attached hydrogen (secondary N) is 4. The van der Waals surface area contributed by atoms with Crippen LogP contribution in [0.25, 0.3) is 10.9 Å². The standard InChI is InChI=1S/C24H35N5/c1-18(8-7-13-25-5)16-19(2)11-15-27-28-17-26-14-12-22-21(4)29-24-20(3)9-6-10-23(22)24/h6-10,13,17,25,27,29H,2,11-12,14-16H2,1,3-5H3,(H,26,28)/b13-7-,18-8+. The van der Waals surface area contributed by atoms with Crippen LogP contribution in [0.4, 0.5) is 0 Å². The number of benzene rings is 1. The molecule has 5 heteroatoms. The van der Waals surface area contributed by atoms with E-state index in [2.05, 4.69) is 77.8 Å². The maximum Gasteiger partial charge on any atom is 0.108 e. The van der Waals surface area contributed by atoms with Crippen LogP contribution in [0.1, 0.15) is 36.6 Å². The van der Waals surface area contributed by atoms with Gasteiger partial charge in [-0.25, -0.2) is 0 Å². The molecule has 0 unspecified atom stereocenters. The number of aryl methyl sites for hydroxylation is 2. The Labute approximate surface area is 175 Å². The van der Waals surface area contributed by atoms with E-state index in [0.717, 1.165) is 32.4 Å². The molecule has 0 aliphatic rings. The van der Waals surface area contributed by atoms with E-state index in [4.69, 9.17) is 0 Å². The molecule has 156 valence electrons. The summed E-state index contributed by atoms with van der Waals surface area (Å²) in [7, 11) is 1.89. The topological polar surface area (TPSA) is 64.2 Å². The molecule has 0 saturated carbocycles. The number of aromatic nitrogens is 1. The molecule has 2 rings (SSSR count). The van der Waals surface area contributed by atoms with E-state index >= 15 is 0 Å². The molecule has 0 saturated heterocycles. The summed E-state index contributed by atoms with van der Waals surface area (Å²) in [6.07, 6.45) is 10.6. The Hall–Kier alpha value is -2.95. The molecule has 0 radical (unpaired) electrons. The number of allylic oxidation sites excluding steroid dienone is 3. The van der Waals surface area contributed by atoms with E-state index in [-0.39, 0.29) is 0 Å². The van der Waals surface area contributed by atoms with Gasteiger partial charge in [-0.05, 0) is 63.4 Å². The quantitative estimate of drug-likeness (QED) is 0.107. The summed E-state index contributed by atoms with van der Waals surface area (Å²) < 4.78 is 0. The fraction of sp³-hybridized carbons (Fsp3) is 0.375. The largest absolute Gasteiger partial charge is 0.394 e. The number of hydrogen-bond donors (Lipinski definition) is 4. The summed E-state index contributed by atoms with van der Waals surface area (Å²) in [6.45, 7) is 12.2. The molecule has 5 nitrogen and oxygen atoms in total. The first-order valence-electron chi connectivity index (χ1n) is 10.2. The third-order valence-electron chi connectivity index (χ3n) is 4.89. The number of aromatic amines is 1. The van der Waals surface area contributed by atoms with Gasteiger partial charge in [0, 0.05) is 36.7 Å². The highest BCUT2D eigenvalue weighted by Gasteiger charge is 2.08. The van der Waals surface area contributed by atoms with Gasteiger partial charge in [0.2, 0.25) is 0 Å². The van der Waals surface area contributed by atoms with E-state index in [9.17, 15) is 0 Å². The lowest BCUT2D eigenvalue weighted by Crippen LogP contribution is -2.18. The van der Waals surface area contributed by atoms with E-state index < -0.39 is 0 Å². The molecule has 0 spiro atoms. The highest BCUT2D eigenvalue weighted by Crippen LogP contribution is 2.24. The van der Waals surface area contributed by atoms with Crippen LogP contribution in [-0.4, -0.2) is 31.5 Å². The molecular formula is C24H35N5. The van der Waals surface area contributed by atoms with Crippen LogP contribution in [0.15, 0.2) is 59.4 Å². The van der Waals surface area contributed by atoms with Crippen LogP contribution in [0.3, 0.4) is 0 Å². The number of nitrogens with zero attached hydrogens (tertiary/aromatic N) is 1. The predicted molar refractivity (Wildman–Crippen MR) is 126 cm³/mol. The molecule has 0 aliphatic carbocycles. The maximum atomic E-state index is 4.23. The fourth-order valence-corrected chi connectivity index (χ4v) is 3.37. The predicted octanol–water partition coefficient (Wildman–Crippen LogP) is 4.47. The third kappa shape index (κ3) is 7.18. The zero-order valence-corrected chi connectivity index (χ0v) is 18.2. The van der Waals surface area contributed by atoms with E-state index in [1.54, 1.807) is 6.34 Å². The molecule has 2 aromatic rings. The molecule has 4 N–H and O–H groups in total. The number of rotatable bonds is 12. The summed E-state index contributed by atoms with van der Waals surface area (Å²) in [4.78, 5) is 3.51. The number of hydrazone groups is 1. The van der Waals surface area contributed by atoms with Crippen molar-refractivity contribution in [1.29, 1.82) is 0 Å². The minimum absolute atomic E-state index is 0.789. The van der Waals surface area contributed by atoms with Crippen molar-refractivity contribution in [2.75, 3.05) is 20.1 Å². The lowest BCUT2D eigenvalue weighted by molar-refractivity contribution is 0.715. The highest BCUT2D eigenvalue weighted by molar-refractivity contribution is 5.87. The number of hydrogen-bond acceptors (Lipinski definition) is 3. The molecule has 29 heavy (non-hydrogen) atoms. The molecule has 1 aromatic heterocycles. The summed E-state index contributed by atoms with van der Waals surface area (Å²) in [5.41, 5.74) is 10.7. The zero-order valence-electron chi connectivity index (χ0n) is 18.2. The van der Waals surface area contributed by atoms with Gasteiger partial charge in [0.15, 0.2) is 0 Å². The first kappa shape index (κ1) is 22.3. The molecular weight excluding hydrogens is 358 g/mol. The Kier molecular flexibility index (Phi) is 9.09. The first-order valence-corrected chi connectivity index (χ1v) is 10.2. The average Bonchev–Trinajstić information content (AvgIpc) is 3.01. The average molecular weight is 394 g/mol. The van der Waals surface area contributed by atoms with Crippen molar-refractivity contribution < 1.29 is 0 Å². The first-order chi connectivity index (χ1) is 14.0. The monoisotopic (exact) mass is 393 g/mol. The van der Waals surface area contributed by atoms with E-state index in [1.807, 2.05) is 19.3 Å². The maximum absolute atomic E-state index is 4.23. The molecule has 0 fully saturated rings. The van der Waals surface area contributed by atoms with Crippen LogP contribution in [0.5, 0.6) is 0 Å². The van der Waals surface area contributed by atoms with Crippen LogP contribution in [0.2, 0.25) is 0 Å². The molecule has 0 bridgehead atoms. The zero-order chi connectivity index (χ0) is 21.1. The number of fused-ring (bicyclic) bond motifs is 1. The van der Waals surface area contributed by atoms with Crippen molar-refractivity contribution in [2.24, 2.45) is 5.10 Å². The van der Waals surface area contributed by atoms with Gasteiger partial charge in [0.05, 0.1) is 0 Å². The van der Waals surface area contributed by atoms with Crippen molar-refractivity contribution >= 4 is 17.2 Å². The normalized spacial score (nSPS) is 12.2. The number of H-pyrrole nitrogens is 1. The summed E-state index contributed by atoms with van der Waals surface area (Å²) in [5.74, 6) is 0. The number of para-hydroxylation sites is 1. The lowest BCUT2D eigenvalue weighted by Gasteiger charge is -2.06. The Morgan fingerprint density at radius 1 is 1.24 bits per heavy atom. The van der Waals surface area contributed by atoms with Gasteiger partial charge in [0.25, 0.3) is 0 Å². The van der Waals surface area contributed by atoms with Crippen molar-refractivity contribution in [3.8, 4) is 0 Å². The second-order valence-electron chi connectivity index (χ2n) is 7.43. The van der Waals surface area contributed by atoms with E-state index in [1.165, 1.54) is 38.9 Å². The van der Waals surface area contributed by atoms with Crippen molar-refractivity contribution in [3.63, 3.8) is 0 Å². The highest BCUT2D eigenvalue weighted by atomic mass is 15.3. The van der Waals surface area contributed by atoms with Gasteiger partial charge in [-0.15, -0.1) is 0 Å². The SMILES string of the molecule is C=C(CCN/N=C\NCCc1c(C)[nH]c2c(C)cccc12)C/C(C)=C/C=C\NC. The van der Waals surface area contributed by atoms with Crippen LogP contribution in [0, 0.1) is 13.8 Å². The van der Waals surface area contributed by atoms with Gasteiger partial charge in [-0.3, -0.25) is 0 Å². The molecule has 1 aromatic carbocycles. The van der Waals surface area contributed by atoms with Gasteiger partial charge in [-0.1, -0.05) is 42.0 Å². The Morgan fingerprint density at radius 2 is 2.07 bits per heavy atom. The Morgan fingerprint density at radius 3 is 2.86 bits per heavy atom. The smallest absolute Gasteiger partial charge is 0.108 e. The Bertz CT molecular complexity index is 886. The molecule has 0 aliphatic heterocycles. The van der Waals surface area contributed by atoms with Gasteiger partial charge >= 0.3 is 0 Å². The van der Waals surface area contributed by atoms with Crippen molar-refractivity contribution in [2.45, 2.75) is 40.0 Å². The molecule has 1 heterocycles. The van der Waals surface area contributed by atoms with Crippen LogP contribution >= 0.6 is 0 Å². The summed E-state index contributed by atoms with van der Waals surface area (Å²) in [6, 6.07) is 6.46. The van der Waals surface area contributed by atoms with Crippen LogP contribution in [-0.2, 0) is 6.42 Å². The fourth-order valence-electron chi connectivity index (χ4n) is 3.37. The second kappa shape index (κ2) is 11.8. The summed E-state index contributed by atoms with van der Waals surface area (Å²) >= 11 is 0. The lowest BCUT2D eigenvalue weighted by atomic mass is 10.1. The molecule has 0 amide bonds. The van der Waals surface area contributed by atoms with Crippen molar-refractivity contribution in [3.05, 3.63) is 71.1 Å². The van der Waals surface area contributed by atoms with Gasteiger partial charge in [0.1, 0.15) is 6.34 Å². The summed E-state index contributed by atoms with van der Waals surface area (Å²) in [5, 5.41) is 11.8. The van der Waals surface area contributed by atoms with Gasteiger partial charge in [-0.2, -0.15) is 5.10 Å². The Balaban J connectivity index is 1.65. The van der Waals surface area contributed by atoms with Crippen LogP contribution < -0.4 is 16.1 Å². The third-order valence-corrected chi connectivity index (χ3v) is 4.89. The van der Waals surface area contributed by atoms with E-state index in [0.29, 0.717) is 0 Å². The van der Waals surface area contributed by atoms with Crippen molar-refractivity contribution in [1.82, 2.24) is 21.0 Å². The molecule has 0 atom stereocenters. The minimum atomic E-state index is 0.789. The van der Waals surface area contributed by atoms with Gasteiger partial charge < -0.3 is 21.0 Å². The minimum Gasteiger partial charge on any atom is -0.394 e. The second-order valence-corrected chi connectivity index (χ2v) is 7.43.